The summed E-state index contributed by atoms with van der Waals surface area (Å²) in [4.78, 5) is 14.2. The quantitative estimate of drug-likeness (QED) is 0.661. The molecule has 0 saturated carbocycles. The predicted molar refractivity (Wildman–Crippen MR) is 77.6 cm³/mol. The van der Waals surface area contributed by atoms with Crippen molar-refractivity contribution in [1.82, 2.24) is 10.2 Å². The summed E-state index contributed by atoms with van der Waals surface area (Å²) in [6, 6.07) is 0. The lowest BCUT2D eigenvalue weighted by Gasteiger charge is -2.34. The van der Waals surface area contributed by atoms with Crippen molar-refractivity contribution < 1.29 is 19.4 Å². The second-order valence-electron chi connectivity index (χ2n) is 5.49. The highest BCUT2D eigenvalue weighted by atomic mass is 16.5. The van der Waals surface area contributed by atoms with Crippen molar-refractivity contribution in [2.45, 2.75) is 37.6 Å². The predicted octanol–water partition coefficient (Wildman–Crippen LogP) is -0.633. The van der Waals surface area contributed by atoms with E-state index in [0.29, 0.717) is 6.42 Å². The molecule has 2 aliphatic heterocycles. The SMILES string of the molecule is C#CCNC(=O)C1OC(CCN2CCOCC2)CCC1O. The molecule has 2 fully saturated rings. The molecule has 21 heavy (non-hydrogen) atoms. The van der Waals surface area contributed by atoms with Crippen molar-refractivity contribution in [2.24, 2.45) is 0 Å². The Balaban J connectivity index is 1.76. The number of amides is 1. The molecule has 1 amide bonds. The summed E-state index contributed by atoms with van der Waals surface area (Å²) in [7, 11) is 0. The molecule has 3 atom stereocenters. The third kappa shape index (κ3) is 4.97. The minimum absolute atomic E-state index is 0.0119. The van der Waals surface area contributed by atoms with E-state index in [9.17, 15) is 9.90 Å². The number of terminal acetylenes is 1. The number of hydrogen-bond donors (Lipinski definition) is 2. The number of morpholine rings is 1. The molecule has 0 aromatic heterocycles. The van der Waals surface area contributed by atoms with Crippen LogP contribution in [0.3, 0.4) is 0 Å². The van der Waals surface area contributed by atoms with E-state index >= 15 is 0 Å². The molecule has 0 radical (unpaired) electrons. The summed E-state index contributed by atoms with van der Waals surface area (Å²) in [6.45, 7) is 4.54. The second kappa shape index (κ2) is 8.35. The van der Waals surface area contributed by atoms with Crippen LogP contribution < -0.4 is 5.32 Å². The topological polar surface area (TPSA) is 71.0 Å². The van der Waals surface area contributed by atoms with Gasteiger partial charge in [-0.1, -0.05) is 5.92 Å². The highest BCUT2D eigenvalue weighted by Gasteiger charge is 2.34. The molecule has 2 saturated heterocycles. The number of hydrogen-bond acceptors (Lipinski definition) is 5. The van der Waals surface area contributed by atoms with Crippen molar-refractivity contribution in [3.8, 4) is 12.3 Å². The average Bonchev–Trinajstić information content (AvgIpc) is 2.52. The summed E-state index contributed by atoms with van der Waals surface area (Å²) in [5, 5.41) is 12.5. The van der Waals surface area contributed by atoms with Crippen LogP contribution in [-0.4, -0.2) is 73.6 Å². The van der Waals surface area contributed by atoms with Crippen LogP contribution in [0.2, 0.25) is 0 Å². The molecule has 118 valence electrons. The Hall–Kier alpha value is -1.13. The maximum absolute atomic E-state index is 11.9. The zero-order valence-corrected chi connectivity index (χ0v) is 12.3. The van der Waals surface area contributed by atoms with E-state index < -0.39 is 12.2 Å². The summed E-state index contributed by atoms with van der Waals surface area (Å²) in [5.41, 5.74) is 0. The average molecular weight is 296 g/mol. The first kappa shape index (κ1) is 16.2. The monoisotopic (exact) mass is 296 g/mol. The van der Waals surface area contributed by atoms with E-state index in [1.54, 1.807) is 0 Å². The summed E-state index contributed by atoms with van der Waals surface area (Å²) >= 11 is 0. The molecular formula is C15H24N2O4. The third-order valence-corrected chi connectivity index (χ3v) is 3.97. The van der Waals surface area contributed by atoms with Gasteiger partial charge in [0.1, 0.15) is 0 Å². The molecule has 2 N–H and O–H groups in total. The third-order valence-electron chi connectivity index (χ3n) is 3.97. The van der Waals surface area contributed by atoms with Gasteiger partial charge in [-0.05, 0) is 19.3 Å². The van der Waals surface area contributed by atoms with Crippen molar-refractivity contribution in [1.29, 1.82) is 0 Å². The van der Waals surface area contributed by atoms with E-state index in [1.165, 1.54) is 0 Å². The van der Waals surface area contributed by atoms with E-state index in [2.05, 4.69) is 16.1 Å². The van der Waals surface area contributed by atoms with Gasteiger partial charge < -0.3 is 19.9 Å². The van der Waals surface area contributed by atoms with E-state index in [4.69, 9.17) is 15.9 Å². The largest absolute Gasteiger partial charge is 0.390 e. The van der Waals surface area contributed by atoms with Gasteiger partial charge in [0.2, 0.25) is 0 Å². The summed E-state index contributed by atoms with van der Waals surface area (Å²) < 4.78 is 11.1. The summed E-state index contributed by atoms with van der Waals surface area (Å²) in [6.07, 6.45) is 5.81. The zero-order valence-electron chi connectivity index (χ0n) is 12.3. The van der Waals surface area contributed by atoms with Crippen molar-refractivity contribution >= 4 is 5.91 Å². The first-order chi connectivity index (χ1) is 10.2. The minimum atomic E-state index is -0.804. The fourth-order valence-corrected chi connectivity index (χ4v) is 2.71. The van der Waals surface area contributed by atoms with Crippen LogP contribution in [0.15, 0.2) is 0 Å². The Morgan fingerprint density at radius 1 is 1.38 bits per heavy atom. The Kier molecular flexibility index (Phi) is 6.46. The summed E-state index contributed by atoms with van der Waals surface area (Å²) in [5.74, 6) is 2.02. The molecule has 2 rings (SSSR count). The van der Waals surface area contributed by atoms with Gasteiger partial charge in [-0.3, -0.25) is 9.69 Å². The van der Waals surface area contributed by atoms with Crippen LogP contribution in [-0.2, 0) is 14.3 Å². The van der Waals surface area contributed by atoms with Crippen LogP contribution >= 0.6 is 0 Å². The van der Waals surface area contributed by atoms with Gasteiger partial charge in [0, 0.05) is 19.6 Å². The Morgan fingerprint density at radius 2 is 2.14 bits per heavy atom. The lowest BCUT2D eigenvalue weighted by atomic mass is 9.98. The normalized spacial score (nSPS) is 30.6. The maximum atomic E-state index is 11.9. The molecule has 0 spiro atoms. The number of nitrogens with zero attached hydrogens (tertiary/aromatic N) is 1. The van der Waals surface area contributed by atoms with Gasteiger partial charge >= 0.3 is 0 Å². The van der Waals surface area contributed by atoms with Gasteiger partial charge in [-0.15, -0.1) is 6.42 Å². The molecule has 6 heteroatoms. The molecule has 6 nitrogen and oxygen atoms in total. The molecule has 0 aromatic rings. The van der Waals surface area contributed by atoms with E-state index in [1.807, 2.05) is 0 Å². The first-order valence-corrected chi connectivity index (χ1v) is 7.55. The first-order valence-electron chi connectivity index (χ1n) is 7.55. The smallest absolute Gasteiger partial charge is 0.252 e. The number of nitrogens with one attached hydrogen (secondary N) is 1. The maximum Gasteiger partial charge on any atom is 0.252 e. The van der Waals surface area contributed by atoms with Crippen LogP contribution in [0.1, 0.15) is 19.3 Å². The molecule has 0 bridgehead atoms. The van der Waals surface area contributed by atoms with Crippen LogP contribution in [0.5, 0.6) is 0 Å². The second-order valence-corrected chi connectivity index (χ2v) is 5.49. The Bertz CT molecular complexity index is 376. The zero-order chi connectivity index (χ0) is 15.1. The van der Waals surface area contributed by atoms with Crippen LogP contribution in [0.4, 0.5) is 0 Å². The molecule has 2 aliphatic rings. The van der Waals surface area contributed by atoms with Gasteiger partial charge in [0.15, 0.2) is 6.10 Å². The van der Waals surface area contributed by atoms with Gasteiger partial charge in [-0.2, -0.15) is 0 Å². The van der Waals surface area contributed by atoms with Gasteiger partial charge in [0.05, 0.1) is 32.0 Å². The standard InChI is InChI=1S/C15H24N2O4/c1-2-6-16-15(19)14-13(18)4-3-12(21-14)5-7-17-8-10-20-11-9-17/h1,12-14,18H,3-11H2,(H,16,19). The fourth-order valence-electron chi connectivity index (χ4n) is 2.71. The number of carbonyl (C=O) groups is 1. The van der Waals surface area contributed by atoms with Crippen molar-refractivity contribution in [3.63, 3.8) is 0 Å². The minimum Gasteiger partial charge on any atom is -0.390 e. The van der Waals surface area contributed by atoms with Gasteiger partial charge in [-0.25, -0.2) is 0 Å². The Morgan fingerprint density at radius 3 is 2.86 bits per heavy atom. The number of aliphatic hydroxyl groups excluding tert-OH is 1. The molecule has 0 aromatic carbocycles. The van der Waals surface area contributed by atoms with Crippen LogP contribution in [0, 0.1) is 12.3 Å². The van der Waals surface area contributed by atoms with E-state index in [-0.39, 0.29) is 18.6 Å². The fraction of sp³-hybridized carbons (Fsp3) is 0.800. The number of rotatable bonds is 5. The molecule has 3 unspecified atom stereocenters. The number of carbonyl (C=O) groups excluding carboxylic acids is 1. The highest BCUT2D eigenvalue weighted by molar-refractivity contribution is 5.81. The number of ether oxygens (including phenoxy) is 2. The van der Waals surface area contributed by atoms with Gasteiger partial charge in [0.25, 0.3) is 5.91 Å². The van der Waals surface area contributed by atoms with Crippen LogP contribution in [0.25, 0.3) is 0 Å². The molecule has 2 heterocycles. The van der Waals surface area contributed by atoms with Crippen molar-refractivity contribution in [3.05, 3.63) is 0 Å². The van der Waals surface area contributed by atoms with Crippen molar-refractivity contribution in [2.75, 3.05) is 39.4 Å². The van der Waals surface area contributed by atoms with E-state index in [0.717, 1.165) is 45.7 Å². The molecular weight excluding hydrogens is 272 g/mol. The molecule has 0 aliphatic carbocycles. The lowest BCUT2D eigenvalue weighted by molar-refractivity contribution is -0.158. The highest BCUT2D eigenvalue weighted by Crippen LogP contribution is 2.22. The number of aliphatic hydroxyl groups is 1. The Labute approximate surface area is 125 Å². The lowest BCUT2D eigenvalue weighted by Crippen LogP contribution is -2.49.